The molecule has 1 atom stereocenters. The van der Waals surface area contributed by atoms with Crippen molar-refractivity contribution in [2.45, 2.75) is 12.4 Å². The van der Waals surface area contributed by atoms with Crippen molar-refractivity contribution in [1.82, 2.24) is 4.98 Å². The molecule has 0 saturated heterocycles. The number of aryl methyl sites for hydroxylation is 1. The third-order valence-electron chi connectivity index (χ3n) is 2.41. The van der Waals surface area contributed by atoms with Gasteiger partial charge >= 0.3 is 10.1 Å². The van der Waals surface area contributed by atoms with Crippen molar-refractivity contribution in [3.63, 3.8) is 0 Å². The predicted molar refractivity (Wildman–Crippen MR) is 61.9 cm³/mol. The first-order chi connectivity index (χ1) is 7.89. The quantitative estimate of drug-likeness (QED) is 0.837. The molecule has 0 aliphatic carbocycles. The Labute approximate surface area is 97.9 Å². The van der Waals surface area contributed by atoms with Crippen molar-refractivity contribution < 1.29 is 17.4 Å². The number of fused-ring (bicyclic) bond motifs is 1. The third kappa shape index (κ3) is 2.27. The molecule has 1 aromatic carbocycles. The third-order valence-corrected chi connectivity index (χ3v) is 3.19. The van der Waals surface area contributed by atoms with Crippen molar-refractivity contribution in [3.05, 3.63) is 41.6 Å². The van der Waals surface area contributed by atoms with Gasteiger partial charge in [-0.2, -0.15) is 8.42 Å². The highest BCUT2D eigenvalue weighted by Crippen LogP contribution is 2.29. The van der Waals surface area contributed by atoms with Gasteiger partial charge in [-0.25, -0.2) is 4.39 Å². The number of hydrogen-bond acceptors (Lipinski definition) is 3. The second-order valence-corrected chi connectivity index (χ2v) is 5.14. The number of alkyl halides is 1. The Morgan fingerprint density at radius 1 is 1.29 bits per heavy atom. The average Bonchev–Trinajstić information content (AvgIpc) is 2.25. The lowest BCUT2D eigenvalue weighted by atomic mass is 10.1. The maximum atomic E-state index is 13.6. The molecule has 4 nitrogen and oxygen atoms in total. The van der Waals surface area contributed by atoms with Crippen LogP contribution in [0.4, 0.5) is 4.39 Å². The fourth-order valence-electron chi connectivity index (χ4n) is 1.64. The van der Waals surface area contributed by atoms with Crippen LogP contribution in [-0.4, -0.2) is 18.0 Å². The van der Waals surface area contributed by atoms with Crippen LogP contribution in [0.1, 0.15) is 16.8 Å². The van der Waals surface area contributed by atoms with Gasteiger partial charge in [-0.1, -0.05) is 18.2 Å². The molecule has 0 amide bonds. The molecule has 0 bridgehead atoms. The Kier molecular flexibility index (Phi) is 2.84. The smallest absolute Gasteiger partial charge is 0.283 e. The molecule has 1 aromatic heterocycles. The summed E-state index contributed by atoms with van der Waals surface area (Å²) >= 11 is 0. The van der Waals surface area contributed by atoms with Gasteiger partial charge in [0.1, 0.15) is 0 Å². The van der Waals surface area contributed by atoms with Gasteiger partial charge in [0, 0.05) is 16.6 Å². The minimum absolute atomic E-state index is 0.0995. The van der Waals surface area contributed by atoms with E-state index < -0.39 is 15.6 Å². The van der Waals surface area contributed by atoms with Crippen LogP contribution in [0, 0.1) is 6.92 Å². The molecule has 0 saturated carbocycles. The highest BCUT2D eigenvalue weighted by molar-refractivity contribution is 7.85. The molecule has 1 unspecified atom stereocenters. The molecule has 0 aliphatic rings. The first-order valence-corrected chi connectivity index (χ1v) is 6.36. The second-order valence-electron chi connectivity index (χ2n) is 3.70. The summed E-state index contributed by atoms with van der Waals surface area (Å²) in [6, 6.07) is 7.72. The molecule has 0 radical (unpaired) electrons. The van der Waals surface area contributed by atoms with Crippen molar-refractivity contribution in [1.29, 1.82) is 0 Å². The fraction of sp³-hybridized carbons (Fsp3) is 0.182. The summed E-state index contributed by atoms with van der Waals surface area (Å²) in [5.74, 6) is 0. The Morgan fingerprint density at radius 3 is 2.65 bits per heavy atom. The van der Waals surface area contributed by atoms with Crippen molar-refractivity contribution in [3.8, 4) is 0 Å². The fourth-order valence-corrected chi connectivity index (χ4v) is 2.17. The number of halogens is 1. The van der Waals surface area contributed by atoms with E-state index in [1.165, 1.54) is 12.1 Å². The summed E-state index contributed by atoms with van der Waals surface area (Å²) in [6.07, 6.45) is 0. The minimum atomic E-state index is -4.75. The van der Waals surface area contributed by atoms with Crippen LogP contribution >= 0.6 is 0 Å². The van der Waals surface area contributed by atoms with Gasteiger partial charge in [-0.05, 0) is 19.1 Å². The summed E-state index contributed by atoms with van der Waals surface area (Å²) in [6.45, 7) is 1.78. The zero-order valence-electron chi connectivity index (χ0n) is 8.96. The molecule has 1 heterocycles. The maximum absolute atomic E-state index is 13.6. The molecular weight excluding hydrogens is 245 g/mol. The van der Waals surface area contributed by atoms with Crippen molar-refractivity contribution >= 4 is 21.0 Å². The lowest BCUT2D eigenvalue weighted by Crippen LogP contribution is -2.07. The van der Waals surface area contributed by atoms with Gasteiger partial charge in [0.05, 0.1) is 5.52 Å². The van der Waals surface area contributed by atoms with Crippen LogP contribution in [-0.2, 0) is 10.1 Å². The molecule has 0 aliphatic heterocycles. The normalized spacial score (nSPS) is 13.8. The lowest BCUT2D eigenvalue weighted by Gasteiger charge is -2.08. The number of rotatable bonds is 2. The number of nitrogens with zero attached hydrogens (tertiary/aromatic N) is 1. The van der Waals surface area contributed by atoms with E-state index >= 15 is 0 Å². The van der Waals surface area contributed by atoms with Gasteiger partial charge in [-0.15, -0.1) is 0 Å². The predicted octanol–water partition coefficient (Wildman–Crippen LogP) is 2.40. The molecule has 2 aromatic rings. The van der Waals surface area contributed by atoms with E-state index in [1.54, 1.807) is 25.1 Å². The van der Waals surface area contributed by atoms with E-state index in [4.69, 9.17) is 4.55 Å². The first-order valence-electron chi connectivity index (χ1n) is 4.86. The Hall–Kier alpha value is -1.53. The second kappa shape index (κ2) is 4.05. The average molecular weight is 255 g/mol. The van der Waals surface area contributed by atoms with E-state index in [2.05, 4.69) is 4.98 Å². The summed E-state index contributed by atoms with van der Waals surface area (Å²) in [4.78, 5) is 4.16. The Bertz CT molecular complexity index is 669. The van der Waals surface area contributed by atoms with Gasteiger partial charge in [0.15, 0.2) is 0 Å². The van der Waals surface area contributed by atoms with Crippen molar-refractivity contribution in [2.24, 2.45) is 0 Å². The van der Waals surface area contributed by atoms with Gasteiger partial charge < -0.3 is 0 Å². The van der Waals surface area contributed by atoms with Crippen LogP contribution in [0.25, 0.3) is 10.9 Å². The molecule has 0 fully saturated rings. The van der Waals surface area contributed by atoms with E-state index in [0.717, 1.165) is 5.69 Å². The highest BCUT2D eigenvalue weighted by Gasteiger charge is 2.26. The highest BCUT2D eigenvalue weighted by atomic mass is 32.2. The van der Waals surface area contributed by atoms with Crippen molar-refractivity contribution in [2.75, 3.05) is 0 Å². The monoisotopic (exact) mass is 255 g/mol. The zero-order chi connectivity index (χ0) is 12.6. The number of hydrogen-bond donors (Lipinski definition) is 1. The molecule has 90 valence electrons. The van der Waals surface area contributed by atoms with E-state index in [0.29, 0.717) is 10.9 Å². The number of aromatic nitrogens is 1. The van der Waals surface area contributed by atoms with Gasteiger partial charge in [0.25, 0.3) is 5.50 Å². The van der Waals surface area contributed by atoms with E-state index in [9.17, 15) is 12.8 Å². The lowest BCUT2D eigenvalue weighted by molar-refractivity contribution is 0.382. The van der Waals surface area contributed by atoms with Crippen LogP contribution in [0.15, 0.2) is 30.3 Å². The van der Waals surface area contributed by atoms with Crippen LogP contribution < -0.4 is 0 Å². The standard InChI is InChI=1S/C11H10FNO3S/c1-7-5-6-8-9(11(12)17(14,15)16)3-2-4-10(8)13-7/h2-6,11H,1H3,(H,14,15,16). The summed E-state index contributed by atoms with van der Waals surface area (Å²) in [5, 5.41) is 0.378. The van der Waals surface area contributed by atoms with E-state index in [-0.39, 0.29) is 5.56 Å². The Balaban J connectivity index is 2.71. The molecule has 0 spiro atoms. The number of pyridine rings is 1. The molecular formula is C11H10FNO3S. The maximum Gasteiger partial charge on any atom is 0.302 e. The van der Waals surface area contributed by atoms with E-state index in [1.807, 2.05) is 0 Å². The summed E-state index contributed by atoms with van der Waals surface area (Å²) in [5.41, 5.74) is -1.31. The zero-order valence-corrected chi connectivity index (χ0v) is 9.78. The van der Waals surface area contributed by atoms with Crippen LogP contribution in [0.2, 0.25) is 0 Å². The molecule has 1 N–H and O–H groups in total. The summed E-state index contributed by atoms with van der Waals surface area (Å²) in [7, 11) is -4.75. The minimum Gasteiger partial charge on any atom is -0.283 e. The Morgan fingerprint density at radius 2 is 2.00 bits per heavy atom. The largest absolute Gasteiger partial charge is 0.302 e. The topological polar surface area (TPSA) is 67.3 Å². The SMILES string of the molecule is Cc1ccc2c(C(F)S(=O)(=O)O)cccc2n1. The van der Waals surface area contributed by atoms with Crippen LogP contribution in [0.5, 0.6) is 0 Å². The molecule has 17 heavy (non-hydrogen) atoms. The summed E-state index contributed by atoms with van der Waals surface area (Å²) < 4.78 is 43.9. The molecule has 2 rings (SSSR count). The number of benzene rings is 1. The van der Waals surface area contributed by atoms with Gasteiger partial charge in [0.2, 0.25) is 0 Å². The molecule has 6 heteroatoms. The first kappa shape index (κ1) is 11.9. The van der Waals surface area contributed by atoms with Crippen LogP contribution in [0.3, 0.4) is 0 Å². The van der Waals surface area contributed by atoms with Gasteiger partial charge in [-0.3, -0.25) is 9.54 Å².